The van der Waals surface area contributed by atoms with Gasteiger partial charge in [-0.1, -0.05) is 19.1 Å². The number of hydrazone groups is 1. The van der Waals surface area contributed by atoms with E-state index in [1.807, 2.05) is 44.2 Å². The van der Waals surface area contributed by atoms with E-state index in [9.17, 15) is 5.26 Å². The molecule has 0 spiro atoms. The molecule has 136 valence electrons. The monoisotopic (exact) mass is 352 g/mol. The molecule has 6 nitrogen and oxygen atoms in total. The largest absolute Gasteiger partial charge is 0.490 e. The van der Waals surface area contributed by atoms with Gasteiger partial charge in [-0.3, -0.25) is 5.43 Å². The molecule has 2 rings (SSSR count). The molecule has 2 aromatic rings. The second-order valence-electron chi connectivity index (χ2n) is 5.94. The van der Waals surface area contributed by atoms with Gasteiger partial charge in [0.15, 0.2) is 5.82 Å². The summed E-state index contributed by atoms with van der Waals surface area (Å²) in [5.41, 5.74) is 5.72. The molecule has 1 N–H and O–H groups in total. The van der Waals surface area contributed by atoms with E-state index in [1.165, 1.54) is 0 Å². The smallest absolute Gasteiger partial charge is 0.164 e. The van der Waals surface area contributed by atoms with Crippen LogP contribution in [0.25, 0.3) is 0 Å². The highest BCUT2D eigenvalue weighted by Crippen LogP contribution is 2.21. The topological polar surface area (TPSA) is 79.5 Å². The van der Waals surface area contributed by atoms with Crippen molar-refractivity contribution in [2.45, 2.75) is 39.9 Å². The van der Waals surface area contributed by atoms with E-state index >= 15 is 0 Å². The first-order valence-electron chi connectivity index (χ1n) is 8.53. The summed E-state index contributed by atoms with van der Waals surface area (Å²) in [4.78, 5) is 4.37. The van der Waals surface area contributed by atoms with Crippen LogP contribution in [0.5, 0.6) is 5.75 Å². The van der Waals surface area contributed by atoms with Crippen molar-refractivity contribution < 1.29 is 9.47 Å². The molecule has 0 aliphatic rings. The number of nitrogens with one attached hydrogen (secondary N) is 1. The highest BCUT2D eigenvalue weighted by Gasteiger charge is 2.11. The summed E-state index contributed by atoms with van der Waals surface area (Å²) in [6.07, 6.45) is 2.71. The molecule has 1 heterocycles. The molecular weight excluding hydrogens is 328 g/mol. The van der Waals surface area contributed by atoms with Crippen molar-refractivity contribution in [1.29, 1.82) is 5.26 Å². The zero-order valence-corrected chi connectivity index (χ0v) is 15.6. The maximum atomic E-state index is 9.45. The predicted molar refractivity (Wildman–Crippen MR) is 102 cm³/mol. The van der Waals surface area contributed by atoms with Crippen molar-refractivity contribution in [3.8, 4) is 11.8 Å². The maximum Gasteiger partial charge on any atom is 0.164 e. The molecule has 1 aromatic heterocycles. The van der Waals surface area contributed by atoms with Crippen LogP contribution in [-0.4, -0.2) is 24.4 Å². The van der Waals surface area contributed by atoms with Gasteiger partial charge in [0.2, 0.25) is 0 Å². The number of para-hydroxylation sites is 1. The van der Waals surface area contributed by atoms with Crippen molar-refractivity contribution in [2.75, 3.05) is 12.5 Å². The van der Waals surface area contributed by atoms with Crippen LogP contribution in [-0.2, 0) is 11.3 Å². The van der Waals surface area contributed by atoms with Gasteiger partial charge in [-0.25, -0.2) is 4.98 Å². The zero-order valence-electron chi connectivity index (χ0n) is 15.6. The molecule has 0 bridgehead atoms. The van der Waals surface area contributed by atoms with Gasteiger partial charge in [-0.15, -0.1) is 0 Å². The Morgan fingerprint density at radius 1 is 1.38 bits per heavy atom. The van der Waals surface area contributed by atoms with Gasteiger partial charge in [0, 0.05) is 23.9 Å². The summed E-state index contributed by atoms with van der Waals surface area (Å²) in [7, 11) is 1.59. The first-order valence-corrected chi connectivity index (χ1v) is 8.53. The fourth-order valence-electron chi connectivity index (χ4n) is 2.37. The van der Waals surface area contributed by atoms with Gasteiger partial charge in [0.05, 0.1) is 18.9 Å². The quantitative estimate of drug-likeness (QED) is 0.573. The Bertz CT molecular complexity index is 812. The fourth-order valence-corrected chi connectivity index (χ4v) is 2.37. The molecule has 0 unspecified atom stereocenters. The molecule has 26 heavy (non-hydrogen) atoms. The predicted octanol–water partition coefficient (Wildman–Crippen LogP) is 4.03. The lowest BCUT2D eigenvalue weighted by molar-refractivity contribution is 0.184. The lowest BCUT2D eigenvalue weighted by Crippen LogP contribution is -2.11. The number of hydrogen-bond acceptors (Lipinski definition) is 6. The number of pyridine rings is 1. The summed E-state index contributed by atoms with van der Waals surface area (Å²) in [5.74, 6) is 1.18. The molecule has 0 saturated heterocycles. The van der Waals surface area contributed by atoms with Gasteiger partial charge < -0.3 is 9.47 Å². The molecule has 0 fully saturated rings. The van der Waals surface area contributed by atoms with E-state index in [2.05, 4.69) is 28.5 Å². The number of hydrogen-bond donors (Lipinski definition) is 1. The van der Waals surface area contributed by atoms with E-state index in [0.29, 0.717) is 18.0 Å². The van der Waals surface area contributed by atoms with Gasteiger partial charge in [0.25, 0.3) is 0 Å². The lowest BCUT2D eigenvalue weighted by atomic mass is 10.1. The van der Waals surface area contributed by atoms with Gasteiger partial charge in [-0.2, -0.15) is 10.4 Å². The average Bonchev–Trinajstić information content (AvgIpc) is 2.63. The number of aryl methyl sites for hydroxylation is 1. The normalized spacial score (nSPS) is 12.0. The van der Waals surface area contributed by atoms with E-state index < -0.39 is 0 Å². The Hall–Kier alpha value is -2.91. The Kier molecular flexibility index (Phi) is 7.12. The van der Waals surface area contributed by atoms with Crippen molar-refractivity contribution in [1.82, 2.24) is 4.98 Å². The second-order valence-corrected chi connectivity index (χ2v) is 5.94. The molecule has 0 aliphatic carbocycles. The molecular formula is C20H24N4O2. The summed E-state index contributed by atoms with van der Waals surface area (Å²) in [6.45, 7) is 6.31. The Balaban J connectivity index is 2.23. The van der Waals surface area contributed by atoms with Crippen LogP contribution in [0.4, 0.5) is 5.82 Å². The highest BCUT2D eigenvalue weighted by atomic mass is 16.5. The minimum Gasteiger partial charge on any atom is -0.490 e. The molecule has 0 saturated carbocycles. The summed E-state index contributed by atoms with van der Waals surface area (Å²) in [6, 6.07) is 11.7. The molecule has 1 atom stereocenters. The average molecular weight is 352 g/mol. The van der Waals surface area contributed by atoms with Crippen molar-refractivity contribution in [3.05, 3.63) is 52.7 Å². The highest BCUT2D eigenvalue weighted by molar-refractivity contribution is 5.84. The van der Waals surface area contributed by atoms with Crippen LogP contribution < -0.4 is 10.2 Å². The lowest BCUT2D eigenvalue weighted by Gasteiger charge is -2.14. The second kappa shape index (κ2) is 9.54. The number of aromatic nitrogens is 1. The fraction of sp³-hybridized carbons (Fsp3) is 0.350. The number of ether oxygens (including phenoxy) is 2. The Morgan fingerprint density at radius 2 is 2.15 bits per heavy atom. The van der Waals surface area contributed by atoms with Gasteiger partial charge in [-0.05, 0) is 38.5 Å². The van der Waals surface area contributed by atoms with E-state index in [1.54, 1.807) is 13.3 Å². The van der Waals surface area contributed by atoms with Gasteiger partial charge in [0.1, 0.15) is 17.4 Å². The number of rotatable bonds is 8. The molecule has 0 aliphatic heterocycles. The van der Waals surface area contributed by atoms with Crippen LogP contribution in [0.2, 0.25) is 0 Å². The molecule has 1 aromatic carbocycles. The first kappa shape index (κ1) is 19.4. The number of benzene rings is 1. The molecule has 6 heteroatoms. The number of nitrogens with zero attached hydrogens (tertiary/aromatic N) is 3. The van der Waals surface area contributed by atoms with Crippen LogP contribution in [0.3, 0.4) is 0 Å². The minimum atomic E-state index is 0.123. The standard InChI is InChI=1S/C20H24N4O2/c1-5-15(3)26-19-9-7-6-8-16(19)12-22-24-20-18(11-21)17(13-25-4)10-14(2)23-20/h6-10,12,15H,5,13H2,1-4H3,(H,23,24)/b22-12-/t15-/m0/s1. The number of nitriles is 1. The van der Waals surface area contributed by atoms with Crippen molar-refractivity contribution in [3.63, 3.8) is 0 Å². The van der Waals surface area contributed by atoms with Crippen LogP contribution in [0.1, 0.15) is 42.7 Å². The van der Waals surface area contributed by atoms with E-state index in [4.69, 9.17) is 9.47 Å². The van der Waals surface area contributed by atoms with Crippen LogP contribution in [0, 0.1) is 18.3 Å². The van der Waals surface area contributed by atoms with Crippen molar-refractivity contribution in [2.24, 2.45) is 5.10 Å². The molecule has 0 radical (unpaired) electrons. The number of anilines is 1. The summed E-state index contributed by atoms with van der Waals surface area (Å²) >= 11 is 0. The van der Waals surface area contributed by atoms with Crippen LogP contribution >= 0.6 is 0 Å². The minimum absolute atomic E-state index is 0.123. The molecule has 0 amide bonds. The zero-order chi connectivity index (χ0) is 18.9. The third-order valence-electron chi connectivity index (χ3n) is 3.84. The third kappa shape index (κ3) is 5.04. The van der Waals surface area contributed by atoms with E-state index in [0.717, 1.165) is 29.0 Å². The maximum absolute atomic E-state index is 9.45. The number of methoxy groups -OCH3 is 1. The van der Waals surface area contributed by atoms with Crippen LogP contribution in [0.15, 0.2) is 35.4 Å². The SMILES string of the molecule is CC[C@H](C)Oc1ccccc1/C=N\Nc1nc(C)cc(COC)c1C#N. The summed E-state index contributed by atoms with van der Waals surface area (Å²) < 4.78 is 11.1. The first-order chi connectivity index (χ1) is 12.6. The Labute approximate surface area is 154 Å². The van der Waals surface area contributed by atoms with E-state index in [-0.39, 0.29) is 6.10 Å². The van der Waals surface area contributed by atoms with Crippen molar-refractivity contribution >= 4 is 12.0 Å². The summed E-state index contributed by atoms with van der Waals surface area (Å²) in [5, 5.41) is 13.7. The van der Waals surface area contributed by atoms with Gasteiger partial charge >= 0.3 is 0 Å². The Morgan fingerprint density at radius 3 is 2.85 bits per heavy atom. The third-order valence-corrected chi connectivity index (χ3v) is 3.84.